The summed E-state index contributed by atoms with van der Waals surface area (Å²) in [7, 11) is 0. The van der Waals surface area contributed by atoms with E-state index in [-0.39, 0.29) is 0 Å². The van der Waals surface area contributed by atoms with E-state index in [0.717, 1.165) is 29.2 Å². The molecule has 0 fully saturated rings. The molecule has 3 aromatic rings. The Labute approximate surface area is 121 Å². The molecular formula is C14H15N5S. The monoisotopic (exact) mass is 285 g/mol. The Kier molecular flexibility index (Phi) is 3.56. The van der Waals surface area contributed by atoms with Crippen molar-refractivity contribution in [2.45, 2.75) is 18.4 Å². The van der Waals surface area contributed by atoms with Gasteiger partial charge in [-0.25, -0.2) is 15.0 Å². The van der Waals surface area contributed by atoms with E-state index in [0.29, 0.717) is 0 Å². The van der Waals surface area contributed by atoms with Crippen LogP contribution >= 0.6 is 11.8 Å². The first-order valence-electron chi connectivity index (χ1n) is 6.39. The van der Waals surface area contributed by atoms with E-state index in [9.17, 15) is 0 Å². The molecule has 102 valence electrons. The molecule has 0 bridgehead atoms. The van der Waals surface area contributed by atoms with Gasteiger partial charge in [-0.2, -0.15) is 0 Å². The van der Waals surface area contributed by atoms with E-state index in [1.807, 2.05) is 22.8 Å². The summed E-state index contributed by atoms with van der Waals surface area (Å²) in [6.45, 7) is 2.91. The average Bonchev–Trinajstić information content (AvgIpc) is 2.92. The van der Waals surface area contributed by atoms with Crippen LogP contribution in [-0.4, -0.2) is 25.8 Å². The Hall–Kier alpha value is -2.08. The molecular weight excluding hydrogens is 270 g/mol. The number of fused-ring (bicyclic) bond motifs is 1. The molecule has 2 aromatic heterocycles. The summed E-state index contributed by atoms with van der Waals surface area (Å²) in [6.07, 6.45) is 5.42. The summed E-state index contributed by atoms with van der Waals surface area (Å²) >= 11 is 1.70. The first kappa shape index (κ1) is 12.9. The molecule has 0 radical (unpaired) electrons. The number of hydrogen-bond acceptors (Lipinski definition) is 5. The number of rotatable bonds is 4. The van der Waals surface area contributed by atoms with E-state index < -0.39 is 0 Å². The van der Waals surface area contributed by atoms with Gasteiger partial charge in [0.25, 0.3) is 0 Å². The molecule has 0 amide bonds. The largest absolute Gasteiger partial charge is 0.337 e. The molecule has 5 nitrogen and oxygen atoms in total. The number of aromatic nitrogens is 4. The molecule has 3 rings (SSSR count). The molecule has 1 N–H and O–H groups in total. The van der Waals surface area contributed by atoms with Gasteiger partial charge in [0, 0.05) is 11.4 Å². The molecule has 2 heterocycles. The van der Waals surface area contributed by atoms with Crippen LogP contribution in [0.3, 0.4) is 0 Å². The van der Waals surface area contributed by atoms with Crippen LogP contribution in [0.1, 0.15) is 6.92 Å². The maximum atomic E-state index is 4.41. The summed E-state index contributed by atoms with van der Waals surface area (Å²) in [4.78, 5) is 14.2. The van der Waals surface area contributed by atoms with Crippen molar-refractivity contribution in [2.75, 3.05) is 11.6 Å². The van der Waals surface area contributed by atoms with Crippen LogP contribution in [0, 0.1) is 0 Å². The molecule has 0 aliphatic rings. The van der Waals surface area contributed by atoms with Gasteiger partial charge in [0.2, 0.25) is 0 Å². The number of hydrogen-bond donors (Lipinski definition) is 1. The van der Waals surface area contributed by atoms with E-state index in [1.54, 1.807) is 24.4 Å². The zero-order valence-electron chi connectivity index (χ0n) is 11.4. The van der Waals surface area contributed by atoms with Crippen molar-refractivity contribution in [3.8, 4) is 0 Å². The SMILES string of the molecule is CCn1cnc2c(Nc3ccccc3SC)ncnc21. The highest BCUT2D eigenvalue weighted by molar-refractivity contribution is 7.98. The summed E-state index contributed by atoms with van der Waals surface area (Å²) in [6, 6.07) is 8.15. The second-order valence-corrected chi connectivity index (χ2v) is 5.10. The minimum absolute atomic E-state index is 0.740. The molecule has 0 saturated carbocycles. The highest BCUT2D eigenvalue weighted by atomic mass is 32.2. The smallest absolute Gasteiger partial charge is 0.165 e. The third-order valence-electron chi connectivity index (χ3n) is 3.10. The molecule has 6 heteroatoms. The molecule has 20 heavy (non-hydrogen) atoms. The molecule has 1 aromatic carbocycles. The van der Waals surface area contributed by atoms with Crippen molar-refractivity contribution in [1.29, 1.82) is 0 Å². The van der Waals surface area contributed by atoms with Gasteiger partial charge in [-0.1, -0.05) is 12.1 Å². The molecule has 0 aliphatic heterocycles. The number of para-hydroxylation sites is 1. The van der Waals surface area contributed by atoms with Crippen molar-refractivity contribution in [3.05, 3.63) is 36.9 Å². The Morgan fingerprint density at radius 1 is 1.20 bits per heavy atom. The second-order valence-electron chi connectivity index (χ2n) is 4.25. The Morgan fingerprint density at radius 2 is 2.05 bits per heavy atom. The van der Waals surface area contributed by atoms with Gasteiger partial charge in [0.1, 0.15) is 6.33 Å². The molecule has 0 aliphatic carbocycles. The van der Waals surface area contributed by atoms with Crippen LogP contribution < -0.4 is 5.32 Å². The van der Waals surface area contributed by atoms with Crippen molar-refractivity contribution < 1.29 is 0 Å². The van der Waals surface area contributed by atoms with Gasteiger partial charge in [0.05, 0.1) is 12.0 Å². The standard InChI is InChI=1S/C14H15N5S/c1-3-19-9-17-12-13(15-8-16-14(12)19)18-10-6-4-5-7-11(10)20-2/h4-9H,3H2,1-2H3,(H,15,16,18). The number of imidazole rings is 1. The summed E-state index contributed by atoms with van der Waals surface area (Å²) < 4.78 is 2.00. The van der Waals surface area contributed by atoms with Gasteiger partial charge in [-0.05, 0) is 25.3 Å². The molecule has 0 saturated heterocycles. The minimum Gasteiger partial charge on any atom is -0.337 e. The number of benzene rings is 1. The van der Waals surface area contributed by atoms with Crippen LogP contribution in [0.4, 0.5) is 11.5 Å². The number of nitrogens with one attached hydrogen (secondary N) is 1. The van der Waals surface area contributed by atoms with Gasteiger partial charge < -0.3 is 9.88 Å². The van der Waals surface area contributed by atoms with Gasteiger partial charge in [-0.15, -0.1) is 11.8 Å². The van der Waals surface area contributed by atoms with Crippen LogP contribution in [0.15, 0.2) is 41.8 Å². The van der Waals surface area contributed by atoms with E-state index in [4.69, 9.17) is 0 Å². The average molecular weight is 285 g/mol. The van der Waals surface area contributed by atoms with Gasteiger partial charge >= 0.3 is 0 Å². The lowest BCUT2D eigenvalue weighted by Crippen LogP contribution is -1.99. The number of thioether (sulfide) groups is 1. The number of nitrogens with zero attached hydrogens (tertiary/aromatic N) is 4. The Bertz CT molecular complexity index is 737. The van der Waals surface area contributed by atoms with E-state index in [2.05, 4.69) is 39.5 Å². The highest BCUT2D eigenvalue weighted by Gasteiger charge is 2.10. The summed E-state index contributed by atoms with van der Waals surface area (Å²) in [5.41, 5.74) is 2.68. The fourth-order valence-corrected chi connectivity index (χ4v) is 2.63. The van der Waals surface area contributed by atoms with E-state index >= 15 is 0 Å². The second kappa shape index (κ2) is 5.50. The van der Waals surface area contributed by atoms with E-state index in [1.165, 1.54) is 4.90 Å². The number of anilines is 2. The molecule has 0 atom stereocenters. The topological polar surface area (TPSA) is 55.6 Å². The first-order chi connectivity index (χ1) is 9.83. The van der Waals surface area contributed by atoms with Gasteiger partial charge in [0.15, 0.2) is 17.0 Å². The maximum absolute atomic E-state index is 4.41. The quantitative estimate of drug-likeness (QED) is 0.745. The van der Waals surface area contributed by atoms with Gasteiger partial charge in [-0.3, -0.25) is 0 Å². The lowest BCUT2D eigenvalue weighted by molar-refractivity contribution is 0.777. The highest BCUT2D eigenvalue weighted by Crippen LogP contribution is 2.29. The summed E-state index contributed by atoms with van der Waals surface area (Å²) in [5, 5.41) is 3.36. The summed E-state index contributed by atoms with van der Waals surface area (Å²) in [5.74, 6) is 0.740. The zero-order valence-corrected chi connectivity index (χ0v) is 12.2. The van der Waals surface area contributed by atoms with Crippen LogP contribution in [0.25, 0.3) is 11.2 Å². The van der Waals surface area contributed by atoms with Crippen LogP contribution in [0.5, 0.6) is 0 Å². The fourth-order valence-electron chi connectivity index (χ4n) is 2.08. The molecule has 0 spiro atoms. The fraction of sp³-hybridized carbons (Fsp3) is 0.214. The predicted octanol–water partition coefficient (Wildman–Crippen LogP) is 3.31. The lowest BCUT2D eigenvalue weighted by Gasteiger charge is -2.09. The third-order valence-corrected chi connectivity index (χ3v) is 3.90. The minimum atomic E-state index is 0.740. The maximum Gasteiger partial charge on any atom is 0.165 e. The van der Waals surface area contributed by atoms with Crippen molar-refractivity contribution in [2.24, 2.45) is 0 Å². The van der Waals surface area contributed by atoms with Crippen LogP contribution in [0.2, 0.25) is 0 Å². The number of aryl methyl sites for hydroxylation is 1. The van der Waals surface area contributed by atoms with Crippen LogP contribution in [-0.2, 0) is 6.54 Å². The Balaban J connectivity index is 2.05. The first-order valence-corrected chi connectivity index (χ1v) is 7.62. The normalized spacial score (nSPS) is 10.9. The van der Waals surface area contributed by atoms with Crippen molar-refractivity contribution in [3.63, 3.8) is 0 Å². The Morgan fingerprint density at radius 3 is 2.85 bits per heavy atom. The zero-order chi connectivity index (χ0) is 13.9. The van der Waals surface area contributed by atoms with Crippen molar-refractivity contribution in [1.82, 2.24) is 19.5 Å². The predicted molar refractivity (Wildman–Crippen MR) is 82.5 cm³/mol. The third kappa shape index (κ3) is 2.22. The molecule has 0 unspecified atom stereocenters. The lowest BCUT2D eigenvalue weighted by atomic mass is 10.3. The van der Waals surface area contributed by atoms with Crippen molar-refractivity contribution >= 4 is 34.4 Å².